The van der Waals surface area contributed by atoms with E-state index >= 15 is 0 Å². The summed E-state index contributed by atoms with van der Waals surface area (Å²) < 4.78 is 35.9. The molecule has 2 fully saturated rings. The molecule has 0 aliphatic carbocycles. The second-order valence-corrected chi connectivity index (χ2v) is 9.97. The number of morpholine rings is 1. The van der Waals surface area contributed by atoms with E-state index in [-0.39, 0.29) is 41.3 Å². The topological polar surface area (TPSA) is 100 Å². The minimum absolute atomic E-state index is 0.0540. The van der Waals surface area contributed by atoms with Gasteiger partial charge in [-0.25, -0.2) is 8.42 Å². The molecule has 1 unspecified atom stereocenters. The quantitative estimate of drug-likeness (QED) is 0.625. The molecule has 172 valence electrons. The van der Waals surface area contributed by atoms with Crippen molar-refractivity contribution in [2.45, 2.75) is 10.9 Å². The van der Waals surface area contributed by atoms with E-state index in [9.17, 15) is 18.0 Å². The molecule has 0 N–H and O–H groups in total. The number of piperazine rings is 1. The summed E-state index contributed by atoms with van der Waals surface area (Å²) in [6.07, 6.45) is 1.43. The van der Waals surface area contributed by atoms with Gasteiger partial charge in [0.25, 0.3) is 5.91 Å². The fourth-order valence-corrected chi connectivity index (χ4v) is 5.33. The number of sulfone groups is 1. The maximum absolute atomic E-state index is 13.3. The van der Waals surface area contributed by atoms with E-state index in [2.05, 4.69) is 0 Å². The Morgan fingerprint density at radius 2 is 1.72 bits per heavy atom. The molecule has 0 spiro atoms. The number of rotatable bonds is 6. The highest BCUT2D eigenvalue weighted by atomic mass is 32.2. The first-order valence-electron chi connectivity index (χ1n) is 10.7. The molecular weight excluding hydrogens is 434 g/mol. The number of carbonyl (C=O) groups is 2. The summed E-state index contributed by atoms with van der Waals surface area (Å²) in [6.45, 7) is 3.21. The third kappa shape index (κ3) is 5.03. The minimum atomic E-state index is -3.43. The molecule has 2 aliphatic heterocycles. The number of nitrogens with zero attached hydrogens (tertiary/aromatic N) is 3. The molecule has 1 aromatic heterocycles. The largest absolute Gasteiger partial charge is 0.459 e. The van der Waals surface area contributed by atoms with Crippen molar-refractivity contribution in [2.24, 2.45) is 0 Å². The monoisotopic (exact) mass is 461 g/mol. The Bertz CT molecular complexity index is 1020. The Labute approximate surface area is 187 Å². The van der Waals surface area contributed by atoms with Crippen molar-refractivity contribution in [1.29, 1.82) is 0 Å². The molecule has 1 aromatic carbocycles. The lowest BCUT2D eigenvalue weighted by molar-refractivity contribution is -0.142. The van der Waals surface area contributed by atoms with Crippen molar-refractivity contribution in [3.05, 3.63) is 54.5 Å². The van der Waals surface area contributed by atoms with Gasteiger partial charge in [0.15, 0.2) is 15.6 Å². The molecule has 2 saturated heterocycles. The first kappa shape index (κ1) is 22.5. The normalized spacial score (nSPS) is 20.3. The maximum Gasteiger partial charge on any atom is 0.290 e. The Morgan fingerprint density at radius 1 is 0.969 bits per heavy atom. The van der Waals surface area contributed by atoms with Gasteiger partial charge in [0.2, 0.25) is 5.91 Å². The zero-order chi connectivity index (χ0) is 22.6. The van der Waals surface area contributed by atoms with Crippen LogP contribution in [0.1, 0.15) is 10.6 Å². The van der Waals surface area contributed by atoms with E-state index in [1.165, 1.54) is 6.26 Å². The van der Waals surface area contributed by atoms with Gasteiger partial charge < -0.3 is 19.0 Å². The van der Waals surface area contributed by atoms with Crippen molar-refractivity contribution in [3.63, 3.8) is 0 Å². The van der Waals surface area contributed by atoms with Crippen LogP contribution in [0.5, 0.6) is 0 Å². The van der Waals surface area contributed by atoms with Crippen LogP contribution in [0, 0.1) is 0 Å². The van der Waals surface area contributed by atoms with Gasteiger partial charge >= 0.3 is 0 Å². The number of hydrogen-bond donors (Lipinski definition) is 0. The molecule has 0 radical (unpaired) electrons. The Balaban J connectivity index is 1.47. The minimum Gasteiger partial charge on any atom is -0.459 e. The van der Waals surface area contributed by atoms with Crippen LogP contribution in [0.25, 0.3) is 0 Å². The first-order valence-corrected chi connectivity index (χ1v) is 12.3. The van der Waals surface area contributed by atoms with E-state index in [1.807, 2.05) is 4.90 Å². The van der Waals surface area contributed by atoms with E-state index in [0.29, 0.717) is 39.4 Å². The Morgan fingerprint density at radius 3 is 2.41 bits per heavy atom. The van der Waals surface area contributed by atoms with Crippen molar-refractivity contribution >= 4 is 21.7 Å². The lowest BCUT2D eigenvalue weighted by atomic mass is 10.1. The fraction of sp³-hybridized carbons (Fsp3) is 0.455. The molecule has 2 aromatic rings. The SMILES string of the molecule is O=C(C1CN(CCS(=O)(=O)c2ccccc2)CCN1C(=O)c1ccco1)N1CCOCC1. The van der Waals surface area contributed by atoms with Crippen LogP contribution in [-0.2, 0) is 19.4 Å². The van der Waals surface area contributed by atoms with Crippen LogP contribution in [0.3, 0.4) is 0 Å². The summed E-state index contributed by atoms with van der Waals surface area (Å²) in [5.74, 6) is -0.353. The zero-order valence-corrected chi connectivity index (χ0v) is 18.6. The summed E-state index contributed by atoms with van der Waals surface area (Å²) in [6, 6.07) is 10.8. The maximum atomic E-state index is 13.3. The number of benzene rings is 1. The highest BCUT2D eigenvalue weighted by molar-refractivity contribution is 7.91. The van der Waals surface area contributed by atoms with Crippen LogP contribution in [-0.4, -0.2) is 99.2 Å². The molecule has 0 bridgehead atoms. The number of hydrogen-bond acceptors (Lipinski definition) is 7. The Hall–Kier alpha value is -2.69. The Kier molecular flexibility index (Phi) is 6.92. The van der Waals surface area contributed by atoms with Crippen LogP contribution in [0.4, 0.5) is 0 Å². The summed E-state index contributed by atoms with van der Waals surface area (Å²) in [5.41, 5.74) is 0. The summed E-state index contributed by atoms with van der Waals surface area (Å²) in [5, 5.41) is 0. The predicted molar refractivity (Wildman–Crippen MR) is 116 cm³/mol. The third-order valence-corrected chi connectivity index (χ3v) is 7.55. The van der Waals surface area contributed by atoms with Gasteiger partial charge in [-0.1, -0.05) is 18.2 Å². The van der Waals surface area contributed by atoms with Crippen molar-refractivity contribution in [1.82, 2.24) is 14.7 Å². The molecule has 10 heteroatoms. The lowest BCUT2D eigenvalue weighted by Crippen LogP contribution is -2.62. The number of furan rings is 1. The number of ether oxygens (including phenoxy) is 1. The number of amides is 2. The van der Waals surface area contributed by atoms with Crippen molar-refractivity contribution in [3.8, 4) is 0 Å². The van der Waals surface area contributed by atoms with Crippen LogP contribution in [0.15, 0.2) is 58.0 Å². The van der Waals surface area contributed by atoms with Crippen LogP contribution < -0.4 is 0 Å². The molecule has 3 heterocycles. The average Bonchev–Trinajstić information content (AvgIpc) is 3.38. The lowest BCUT2D eigenvalue weighted by Gasteiger charge is -2.42. The standard InChI is InChI=1S/C22H27N3O6S/c26-21(24-10-14-30-15-11-24)19-17-23(8-9-25(19)22(27)20-7-4-13-31-20)12-16-32(28,29)18-5-2-1-3-6-18/h1-7,13,19H,8-12,14-17H2. The molecule has 4 rings (SSSR count). The smallest absolute Gasteiger partial charge is 0.290 e. The summed E-state index contributed by atoms with van der Waals surface area (Å²) >= 11 is 0. The molecule has 9 nitrogen and oxygen atoms in total. The molecule has 1 atom stereocenters. The van der Waals surface area contributed by atoms with Gasteiger partial charge in [0.05, 0.1) is 30.1 Å². The number of carbonyl (C=O) groups excluding carboxylic acids is 2. The zero-order valence-electron chi connectivity index (χ0n) is 17.8. The highest BCUT2D eigenvalue weighted by Crippen LogP contribution is 2.19. The van der Waals surface area contributed by atoms with Gasteiger partial charge in [-0.05, 0) is 24.3 Å². The molecule has 32 heavy (non-hydrogen) atoms. The van der Waals surface area contributed by atoms with Crippen molar-refractivity contribution in [2.75, 3.05) is 58.2 Å². The van der Waals surface area contributed by atoms with E-state index in [1.54, 1.807) is 52.3 Å². The van der Waals surface area contributed by atoms with Crippen LogP contribution in [0.2, 0.25) is 0 Å². The fourth-order valence-electron chi connectivity index (χ4n) is 4.03. The molecule has 2 aliphatic rings. The molecule has 2 amide bonds. The van der Waals surface area contributed by atoms with Gasteiger partial charge in [-0.3, -0.25) is 14.5 Å². The first-order chi connectivity index (χ1) is 15.5. The second-order valence-electron chi connectivity index (χ2n) is 7.86. The van der Waals surface area contributed by atoms with Crippen molar-refractivity contribution < 1.29 is 27.2 Å². The van der Waals surface area contributed by atoms with Gasteiger partial charge in [-0.15, -0.1) is 0 Å². The summed E-state index contributed by atoms with van der Waals surface area (Å²) in [7, 11) is -3.43. The predicted octanol–water partition coefficient (Wildman–Crippen LogP) is 0.739. The van der Waals surface area contributed by atoms with Gasteiger partial charge in [0.1, 0.15) is 6.04 Å². The van der Waals surface area contributed by atoms with Crippen LogP contribution >= 0.6 is 0 Å². The second kappa shape index (κ2) is 9.85. The molecular formula is C22H27N3O6S. The van der Waals surface area contributed by atoms with Gasteiger partial charge in [-0.2, -0.15) is 0 Å². The van der Waals surface area contributed by atoms with E-state index < -0.39 is 15.9 Å². The van der Waals surface area contributed by atoms with E-state index in [4.69, 9.17) is 9.15 Å². The highest BCUT2D eigenvalue weighted by Gasteiger charge is 2.39. The van der Waals surface area contributed by atoms with E-state index in [0.717, 1.165) is 0 Å². The summed E-state index contributed by atoms with van der Waals surface area (Å²) in [4.78, 5) is 31.8. The van der Waals surface area contributed by atoms with Gasteiger partial charge in [0, 0.05) is 39.3 Å². The third-order valence-electron chi connectivity index (χ3n) is 5.84. The average molecular weight is 462 g/mol. The molecule has 0 saturated carbocycles.